The molecule has 0 heterocycles. The molecule has 8 heteroatoms. The summed E-state index contributed by atoms with van der Waals surface area (Å²) in [7, 11) is 0. The number of halogens is 3. The van der Waals surface area contributed by atoms with Crippen molar-refractivity contribution >= 4 is 11.9 Å². The maximum absolute atomic E-state index is 12.1. The lowest BCUT2D eigenvalue weighted by atomic mass is 10.2. The second-order valence-corrected chi connectivity index (χ2v) is 3.14. The van der Waals surface area contributed by atoms with Gasteiger partial charge in [-0.2, -0.15) is 0 Å². The van der Waals surface area contributed by atoms with Gasteiger partial charge in [-0.15, -0.1) is 13.2 Å². The van der Waals surface area contributed by atoms with Crippen LogP contribution in [0.15, 0.2) is 30.9 Å². The van der Waals surface area contributed by atoms with E-state index in [-0.39, 0.29) is 5.56 Å². The van der Waals surface area contributed by atoms with Crippen LogP contribution in [0.2, 0.25) is 0 Å². The summed E-state index contributed by atoms with van der Waals surface area (Å²) in [6, 6.07) is 2.36. The van der Waals surface area contributed by atoms with Crippen molar-refractivity contribution in [3.63, 3.8) is 0 Å². The Hall–Kier alpha value is -2.51. The highest BCUT2D eigenvalue weighted by Gasteiger charge is 2.33. The molecule has 1 aromatic carbocycles. The molecule has 0 saturated heterocycles. The fraction of sp³-hybridized carbons (Fsp3) is 0.0909. The van der Waals surface area contributed by atoms with Crippen molar-refractivity contribution in [1.29, 1.82) is 0 Å². The minimum absolute atomic E-state index is 0.360. The van der Waals surface area contributed by atoms with Gasteiger partial charge < -0.3 is 14.6 Å². The molecule has 0 aliphatic heterocycles. The lowest BCUT2D eigenvalue weighted by Crippen LogP contribution is -2.18. The van der Waals surface area contributed by atoms with E-state index in [4.69, 9.17) is 5.11 Å². The normalized spacial score (nSPS) is 10.7. The summed E-state index contributed by atoms with van der Waals surface area (Å²) >= 11 is 0. The number of rotatable bonds is 4. The van der Waals surface area contributed by atoms with E-state index >= 15 is 0 Å². The van der Waals surface area contributed by atoms with Crippen LogP contribution >= 0.6 is 0 Å². The van der Waals surface area contributed by atoms with Crippen LogP contribution in [0.4, 0.5) is 13.2 Å². The molecule has 0 fully saturated rings. The Morgan fingerprint density at radius 2 is 1.89 bits per heavy atom. The van der Waals surface area contributed by atoms with Crippen molar-refractivity contribution in [1.82, 2.24) is 0 Å². The predicted octanol–water partition coefficient (Wildman–Crippen LogP) is 2.37. The van der Waals surface area contributed by atoms with Gasteiger partial charge in [0.25, 0.3) is 0 Å². The Morgan fingerprint density at radius 3 is 2.37 bits per heavy atom. The predicted molar refractivity (Wildman–Crippen MR) is 55.9 cm³/mol. The first-order valence-electron chi connectivity index (χ1n) is 4.70. The third kappa shape index (κ3) is 4.34. The highest BCUT2D eigenvalue weighted by Crippen LogP contribution is 2.33. The lowest BCUT2D eigenvalue weighted by molar-refractivity contribution is -0.275. The maximum atomic E-state index is 12.1. The Morgan fingerprint density at radius 1 is 1.26 bits per heavy atom. The Labute approximate surface area is 104 Å². The van der Waals surface area contributed by atoms with Crippen molar-refractivity contribution in [2.75, 3.05) is 0 Å². The average Bonchev–Trinajstić information content (AvgIpc) is 2.29. The SMILES string of the molecule is C=CC(=O)Oc1cc(C(=O)O)ccc1OC(F)(F)F. The van der Waals surface area contributed by atoms with E-state index in [2.05, 4.69) is 16.1 Å². The van der Waals surface area contributed by atoms with Gasteiger partial charge in [0, 0.05) is 6.08 Å². The molecule has 0 spiro atoms. The zero-order valence-electron chi connectivity index (χ0n) is 9.23. The van der Waals surface area contributed by atoms with Gasteiger partial charge >= 0.3 is 18.3 Å². The summed E-state index contributed by atoms with van der Waals surface area (Å²) in [5.74, 6) is -3.93. The van der Waals surface area contributed by atoms with Crippen molar-refractivity contribution in [2.24, 2.45) is 0 Å². The van der Waals surface area contributed by atoms with Crippen LogP contribution < -0.4 is 9.47 Å². The number of ether oxygens (including phenoxy) is 2. The van der Waals surface area contributed by atoms with Crippen LogP contribution in [-0.2, 0) is 4.79 Å². The first-order chi connectivity index (χ1) is 8.73. The number of carboxylic acid groups (broad SMARTS) is 1. The van der Waals surface area contributed by atoms with E-state index in [0.29, 0.717) is 6.08 Å². The Bertz CT molecular complexity index is 522. The molecule has 1 rings (SSSR count). The number of alkyl halides is 3. The number of benzene rings is 1. The fourth-order valence-electron chi connectivity index (χ4n) is 1.08. The van der Waals surface area contributed by atoms with Gasteiger partial charge in [0.05, 0.1) is 5.56 Å². The largest absolute Gasteiger partial charge is 0.573 e. The van der Waals surface area contributed by atoms with Gasteiger partial charge in [-0.25, -0.2) is 9.59 Å². The molecule has 0 radical (unpaired) electrons. The maximum Gasteiger partial charge on any atom is 0.573 e. The van der Waals surface area contributed by atoms with Crippen molar-refractivity contribution < 1.29 is 37.3 Å². The molecule has 19 heavy (non-hydrogen) atoms. The van der Waals surface area contributed by atoms with Crippen LogP contribution in [0.5, 0.6) is 11.5 Å². The van der Waals surface area contributed by atoms with Gasteiger partial charge in [0.1, 0.15) is 0 Å². The minimum atomic E-state index is -5.00. The van der Waals surface area contributed by atoms with E-state index in [1.807, 2.05) is 0 Å². The molecule has 0 aliphatic rings. The standard InChI is InChI=1S/C11H7F3O5/c1-2-9(15)18-8-5-6(10(16)17)3-4-7(8)19-11(12,13)14/h2-5H,1H2,(H,16,17). The minimum Gasteiger partial charge on any atom is -0.478 e. The third-order valence-corrected chi connectivity index (χ3v) is 1.79. The van der Waals surface area contributed by atoms with Crippen molar-refractivity contribution in [2.45, 2.75) is 6.36 Å². The summed E-state index contributed by atoms with van der Waals surface area (Å²) in [5.41, 5.74) is -0.360. The first-order valence-corrected chi connectivity index (χ1v) is 4.70. The molecule has 0 unspecified atom stereocenters. The number of carboxylic acids is 1. The van der Waals surface area contributed by atoms with E-state index in [0.717, 1.165) is 18.2 Å². The summed E-state index contributed by atoms with van der Waals surface area (Å²) in [6.45, 7) is 3.06. The van der Waals surface area contributed by atoms with Gasteiger partial charge in [-0.3, -0.25) is 0 Å². The first kappa shape index (κ1) is 14.6. The molecule has 0 saturated carbocycles. The van der Waals surface area contributed by atoms with E-state index < -0.39 is 29.8 Å². The molecular weight excluding hydrogens is 269 g/mol. The number of hydrogen-bond donors (Lipinski definition) is 1. The number of carbonyl (C=O) groups is 2. The van der Waals surface area contributed by atoms with Gasteiger partial charge in [0.15, 0.2) is 11.5 Å². The van der Waals surface area contributed by atoms with Crippen LogP contribution in [0, 0.1) is 0 Å². The molecule has 102 valence electrons. The molecule has 0 atom stereocenters. The number of carbonyl (C=O) groups excluding carboxylic acids is 1. The molecule has 0 aromatic heterocycles. The van der Waals surface area contributed by atoms with Crippen molar-refractivity contribution in [3.8, 4) is 11.5 Å². The van der Waals surface area contributed by atoms with E-state index in [1.165, 1.54) is 0 Å². The number of hydrogen-bond acceptors (Lipinski definition) is 4. The molecule has 0 amide bonds. The zero-order chi connectivity index (χ0) is 14.6. The topological polar surface area (TPSA) is 72.8 Å². The van der Waals surface area contributed by atoms with Crippen molar-refractivity contribution in [3.05, 3.63) is 36.4 Å². The molecule has 0 aliphatic carbocycles. The number of esters is 1. The lowest BCUT2D eigenvalue weighted by Gasteiger charge is -2.13. The van der Waals surface area contributed by atoms with Crippen LogP contribution in [0.25, 0.3) is 0 Å². The molecule has 5 nitrogen and oxygen atoms in total. The van der Waals surface area contributed by atoms with Crippen LogP contribution in [0.1, 0.15) is 10.4 Å². The molecular formula is C11H7F3O5. The number of aromatic carboxylic acids is 1. The highest BCUT2D eigenvalue weighted by molar-refractivity contribution is 5.89. The van der Waals surface area contributed by atoms with Gasteiger partial charge in [-0.05, 0) is 18.2 Å². The molecule has 0 bridgehead atoms. The fourth-order valence-corrected chi connectivity index (χ4v) is 1.08. The summed E-state index contributed by atoms with van der Waals surface area (Å²) < 4.78 is 44.4. The van der Waals surface area contributed by atoms with E-state index in [9.17, 15) is 22.8 Å². The molecule has 1 aromatic rings. The van der Waals surface area contributed by atoms with Gasteiger partial charge in [-0.1, -0.05) is 6.58 Å². The monoisotopic (exact) mass is 276 g/mol. The highest BCUT2D eigenvalue weighted by atomic mass is 19.4. The summed E-state index contributed by atoms with van der Waals surface area (Å²) in [5, 5.41) is 8.70. The van der Waals surface area contributed by atoms with Crippen LogP contribution in [-0.4, -0.2) is 23.4 Å². The second kappa shape index (κ2) is 5.42. The third-order valence-electron chi connectivity index (χ3n) is 1.79. The average molecular weight is 276 g/mol. The van der Waals surface area contributed by atoms with Gasteiger partial charge in [0.2, 0.25) is 0 Å². The smallest absolute Gasteiger partial charge is 0.478 e. The van der Waals surface area contributed by atoms with Crippen LogP contribution in [0.3, 0.4) is 0 Å². The quantitative estimate of drug-likeness (QED) is 0.519. The Balaban J connectivity index is 3.18. The Kier molecular flexibility index (Phi) is 4.15. The molecule has 1 N–H and O–H groups in total. The summed E-state index contributed by atoms with van der Waals surface area (Å²) in [6.07, 6.45) is -4.29. The van der Waals surface area contributed by atoms with E-state index in [1.54, 1.807) is 0 Å². The second-order valence-electron chi connectivity index (χ2n) is 3.14. The summed E-state index contributed by atoms with van der Waals surface area (Å²) in [4.78, 5) is 21.6. The zero-order valence-corrected chi connectivity index (χ0v) is 9.23.